The molecule has 23 heavy (non-hydrogen) atoms. The average molecular weight is 312 g/mol. The number of aliphatic hydroxyl groups is 1. The van der Waals surface area contributed by atoms with E-state index in [4.69, 9.17) is 5.11 Å². The standard InChI is InChI=1S/C16H20N6O/c1-11-5-3-4-6-12(11)9-18-14-13-10-19-22(2)15(13)21-16(20-14)17-7-8-23/h3-6,10,23H,7-9H2,1-2H3,(H2,17,18,20,21). The van der Waals surface area contributed by atoms with Gasteiger partial charge >= 0.3 is 0 Å². The van der Waals surface area contributed by atoms with Crippen molar-refractivity contribution in [3.05, 3.63) is 41.6 Å². The average Bonchev–Trinajstić information content (AvgIpc) is 2.93. The largest absolute Gasteiger partial charge is 0.395 e. The van der Waals surface area contributed by atoms with Crippen LogP contribution >= 0.6 is 0 Å². The summed E-state index contributed by atoms with van der Waals surface area (Å²) >= 11 is 0. The molecule has 3 N–H and O–H groups in total. The van der Waals surface area contributed by atoms with Crippen LogP contribution in [0.5, 0.6) is 0 Å². The first-order valence-corrected chi connectivity index (χ1v) is 7.52. The Morgan fingerprint density at radius 3 is 2.78 bits per heavy atom. The van der Waals surface area contributed by atoms with E-state index in [9.17, 15) is 0 Å². The summed E-state index contributed by atoms with van der Waals surface area (Å²) in [5, 5.41) is 20.4. The highest BCUT2D eigenvalue weighted by atomic mass is 16.3. The number of anilines is 2. The summed E-state index contributed by atoms with van der Waals surface area (Å²) in [6.07, 6.45) is 1.76. The molecule has 7 heteroatoms. The van der Waals surface area contributed by atoms with Gasteiger partial charge in [0.25, 0.3) is 0 Å². The van der Waals surface area contributed by atoms with Crippen molar-refractivity contribution < 1.29 is 5.11 Å². The number of nitrogens with zero attached hydrogens (tertiary/aromatic N) is 4. The molecule has 0 bridgehead atoms. The first-order chi connectivity index (χ1) is 11.2. The number of benzene rings is 1. The lowest BCUT2D eigenvalue weighted by Crippen LogP contribution is -2.11. The summed E-state index contributed by atoms with van der Waals surface area (Å²) in [6, 6.07) is 8.23. The molecule has 0 atom stereocenters. The predicted molar refractivity (Wildman–Crippen MR) is 90.4 cm³/mol. The first-order valence-electron chi connectivity index (χ1n) is 7.52. The molecule has 0 fully saturated rings. The molecule has 7 nitrogen and oxygen atoms in total. The van der Waals surface area contributed by atoms with Crippen LogP contribution in [-0.2, 0) is 13.6 Å². The third-order valence-corrected chi connectivity index (χ3v) is 3.69. The minimum atomic E-state index is 0.0265. The van der Waals surface area contributed by atoms with Crippen molar-refractivity contribution in [1.82, 2.24) is 19.7 Å². The highest BCUT2D eigenvalue weighted by Gasteiger charge is 2.11. The van der Waals surface area contributed by atoms with Crippen LogP contribution < -0.4 is 10.6 Å². The summed E-state index contributed by atoms with van der Waals surface area (Å²) in [6.45, 7) is 3.19. The van der Waals surface area contributed by atoms with Gasteiger partial charge in [0.2, 0.25) is 5.95 Å². The fraction of sp³-hybridized carbons (Fsp3) is 0.312. The van der Waals surface area contributed by atoms with E-state index in [-0.39, 0.29) is 6.61 Å². The second-order valence-corrected chi connectivity index (χ2v) is 5.33. The van der Waals surface area contributed by atoms with E-state index in [1.54, 1.807) is 10.9 Å². The van der Waals surface area contributed by atoms with Crippen LogP contribution in [0, 0.1) is 6.92 Å². The van der Waals surface area contributed by atoms with Gasteiger partial charge in [0.15, 0.2) is 5.65 Å². The Hall–Kier alpha value is -2.67. The van der Waals surface area contributed by atoms with Crippen molar-refractivity contribution in [1.29, 1.82) is 0 Å². The van der Waals surface area contributed by atoms with Crippen LogP contribution in [0.25, 0.3) is 11.0 Å². The third-order valence-electron chi connectivity index (χ3n) is 3.69. The summed E-state index contributed by atoms with van der Waals surface area (Å²) < 4.78 is 1.71. The van der Waals surface area contributed by atoms with Crippen molar-refractivity contribution in [2.75, 3.05) is 23.8 Å². The van der Waals surface area contributed by atoms with E-state index in [0.29, 0.717) is 19.0 Å². The quantitative estimate of drug-likeness (QED) is 0.642. The van der Waals surface area contributed by atoms with Gasteiger partial charge in [-0.2, -0.15) is 15.1 Å². The Bertz CT molecular complexity index is 813. The minimum absolute atomic E-state index is 0.0265. The Labute approximate surface area is 134 Å². The lowest BCUT2D eigenvalue weighted by Gasteiger charge is -2.11. The molecule has 2 aromatic heterocycles. The molecule has 0 spiro atoms. The molecule has 3 aromatic rings. The highest BCUT2D eigenvalue weighted by Crippen LogP contribution is 2.22. The molecule has 0 saturated heterocycles. The van der Waals surface area contributed by atoms with Crippen LogP contribution in [0.4, 0.5) is 11.8 Å². The van der Waals surface area contributed by atoms with E-state index in [1.165, 1.54) is 11.1 Å². The van der Waals surface area contributed by atoms with E-state index in [0.717, 1.165) is 16.9 Å². The second-order valence-electron chi connectivity index (χ2n) is 5.33. The van der Waals surface area contributed by atoms with E-state index in [2.05, 4.69) is 44.8 Å². The van der Waals surface area contributed by atoms with Gasteiger partial charge in [-0.05, 0) is 18.1 Å². The van der Waals surface area contributed by atoms with Crippen LogP contribution in [0.2, 0.25) is 0 Å². The van der Waals surface area contributed by atoms with Gasteiger partial charge in [-0.3, -0.25) is 4.68 Å². The Morgan fingerprint density at radius 2 is 2.00 bits per heavy atom. The molecular formula is C16H20N6O. The Kier molecular flexibility index (Phi) is 4.38. The number of hydrogen-bond donors (Lipinski definition) is 3. The second kappa shape index (κ2) is 6.62. The number of hydrogen-bond acceptors (Lipinski definition) is 6. The normalized spacial score (nSPS) is 10.9. The molecule has 0 unspecified atom stereocenters. The molecule has 0 radical (unpaired) electrons. The topological polar surface area (TPSA) is 87.9 Å². The maximum Gasteiger partial charge on any atom is 0.226 e. The molecular weight excluding hydrogens is 292 g/mol. The van der Waals surface area contributed by atoms with Crippen LogP contribution in [0.1, 0.15) is 11.1 Å². The maximum atomic E-state index is 8.96. The number of nitrogens with one attached hydrogen (secondary N) is 2. The molecule has 1 aromatic carbocycles. The van der Waals surface area contributed by atoms with Crippen molar-refractivity contribution >= 4 is 22.8 Å². The fourth-order valence-corrected chi connectivity index (χ4v) is 2.39. The van der Waals surface area contributed by atoms with Gasteiger partial charge in [0, 0.05) is 20.1 Å². The van der Waals surface area contributed by atoms with Crippen molar-refractivity contribution in [3.8, 4) is 0 Å². The Morgan fingerprint density at radius 1 is 1.17 bits per heavy atom. The predicted octanol–water partition coefficient (Wildman–Crippen LogP) is 1.69. The van der Waals surface area contributed by atoms with Gasteiger partial charge in [-0.1, -0.05) is 24.3 Å². The van der Waals surface area contributed by atoms with Gasteiger partial charge in [0.05, 0.1) is 18.2 Å². The molecule has 0 aliphatic heterocycles. The summed E-state index contributed by atoms with van der Waals surface area (Å²) in [4.78, 5) is 8.93. The smallest absolute Gasteiger partial charge is 0.226 e. The number of rotatable bonds is 6. The minimum Gasteiger partial charge on any atom is -0.395 e. The zero-order valence-electron chi connectivity index (χ0n) is 13.2. The van der Waals surface area contributed by atoms with Gasteiger partial charge < -0.3 is 15.7 Å². The monoisotopic (exact) mass is 312 g/mol. The molecule has 0 aliphatic carbocycles. The van der Waals surface area contributed by atoms with Gasteiger partial charge in [-0.15, -0.1) is 0 Å². The summed E-state index contributed by atoms with van der Waals surface area (Å²) in [5.74, 6) is 1.20. The molecule has 0 saturated carbocycles. The van der Waals surface area contributed by atoms with Crippen LogP contribution in [-0.4, -0.2) is 38.0 Å². The number of fused-ring (bicyclic) bond motifs is 1. The number of aryl methyl sites for hydroxylation is 2. The summed E-state index contributed by atoms with van der Waals surface area (Å²) in [7, 11) is 1.84. The highest BCUT2D eigenvalue weighted by molar-refractivity contribution is 5.87. The fourth-order valence-electron chi connectivity index (χ4n) is 2.39. The SMILES string of the molecule is Cc1ccccc1CNc1nc(NCCO)nc2c1cnn2C. The lowest BCUT2D eigenvalue weighted by molar-refractivity contribution is 0.311. The van der Waals surface area contributed by atoms with Gasteiger partial charge in [-0.25, -0.2) is 0 Å². The molecule has 0 amide bonds. The first kappa shape index (κ1) is 15.2. The number of aromatic nitrogens is 4. The van der Waals surface area contributed by atoms with E-state index in [1.807, 2.05) is 19.2 Å². The number of aliphatic hydroxyl groups excluding tert-OH is 1. The third kappa shape index (κ3) is 3.24. The van der Waals surface area contributed by atoms with Crippen molar-refractivity contribution in [3.63, 3.8) is 0 Å². The van der Waals surface area contributed by atoms with E-state index < -0.39 is 0 Å². The zero-order valence-corrected chi connectivity index (χ0v) is 13.2. The Balaban J connectivity index is 1.90. The van der Waals surface area contributed by atoms with Crippen LogP contribution in [0.3, 0.4) is 0 Å². The van der Waals surface area contributed by atoms with Crippen LogP contribution in [0.15, 0.2) is 30.5 Å². The molecule has 120 valence electrons. The molecule has 3 rings (SSSR count). The molecule has 2 heterocycles. The maximum absolute atomic E-state index is 8.96. The van der Waals surface area contributed by atoms with Crippen molar-refractivity contribution in [2.24, 2.45) is 7.05 Å². The molecule has 0 aliphatic rings. The lowest BCUT2D eigenvalue weighted by atomic mass is 10.1. The van der Waals surface area contributed by atoms with Gasteiger partial charge in [0.1, 0.15) is 5.82 Å². The van der Waals surface area contributed by atoms with E-state index >= 15 is 0 Å². The van der Waals surface area contributed by atoms with Crippen molar-refractivity contribution in [2.45, 2.75) is 13.5 Å². The zero-order chi connectivity index (χ0) is 16.2. The summed E-state index contributed by atoms with van der Waals surface area (Å²) in [5.41, 5.74) is 3.19.